The number of amides is 2. The Bertz CT molecular complexity index is 1360. The lowest BCUT2D eigenvalue weighted by atomic mass is 10.0. The first kappa shape index (κ1) is 29.0. The number of carbonyl (C=O) groups excluding carboxylic acids is 2. The fraction of sp³-hybridized carbons (Fsp3) is 0.400. The highest BCUT2D eigenvalue weighted by molar-refractivity contribution is 5.95. The lowest BCUT2D eigenvalue weighted by Crippen LogP contribution is -2.48. The number of nitrogens with zero attached hydrogens (tertiary/aromatic N) is 5. The van der Waals surface area contributed by atoms with Crippen molar-refractivity contribution in [2.24, 2.45) is 0 Å². The minimum Gasteiger partial charge on any atom is -0.372 e. The van der Waals surface area contributed by atoms with E-state index >= 15 is 0 Å². The molecule has 4 rings (SSSR count). The molecular formula is C25H24F6N6O3. The van der Waals surface area contributed by atoms with Crippen LogP contribution >= 0.6 is 0 Å². The quantitative estimate of drug-likeness (QED) is 0.456. The number of hydrogen-bond donors (Lipinski definition) is 1. The van der Waals surface area contributed by atoms with Crippen LogP contribution in [0.1, 0.15) is 64.3 Å². The lowest BCUT2D eigenvalue weighted by molar-refractivity contribution is -0.143. The van der Waals surface area contributed by atoms with Crippen molar-refractivity contribution in [1.29, 1.82) is 0 Å². The van der Waals surface area contributed by atoms with Gasteiger partial charge in [0.25, 0.3) is 11.8 Å². The Balaban J connectivity index is 1.58. The zero-order valence-corrected chi connectivity index (χ0v) is 21.4. The van der Waals surface area contributed by atoms with Crippen LogP contribution in [0.2, 0.25) is 0 Å². The number of nitrogens with one attached hydrogen (secondary N) is 1. The fourth-order valence-electron chi connectivity index (χ4n) is 4.33. The number of rotatable bonds is 5. The van der Waals surface area contributed by atoms with Gasteiger partial charge in [-0.3, -0.25) is 14.6 Å². The van der Waals surface area contributed by atoms with Gasteiger partial charge in [-0.2, -0.15) is 31.4 Å². The number of alkyl halides is 6. The zero-order chi connectivity index (χ0) is 29.4. The van der Waals surface area contributed by atoms with E-state index < -0.39 is 41.0 Å². The first-order chi connectivity index (χ1) is 18.6. The van der Waals surface area contributed by atoms with Crippen LogP contribution in [0.3, 0.4) is 0 Å². The molecule has 3 heterocycles. The van der Waals surface area contributed by atoms with Crippen molar-refractivity contribution in [2.75, 3.05) is 13.1 Å². The summed E-state index contributed by atoms with van der Waals surface area (Å²) in [7, 11) is 0. The molecule has 0 bridgehead atoms. The minimum absolute atomic E-state index is 0.0597. The fourth-order valence-corrected chi connectivity index (χ4v) is 4.33. The second kappa shape index (κ2) is 10.9. The Morgan fingerprint density at radius 3 is 2.10 bits per heavy atom. The molecule has 1 N–H and O–H groups in total. The maximum atomic E-state index is 13.2. The molecule has 1 unspecified atom stereocenters. The highest BCUT2D eigenvalue weighted by atomic mass is 19.4. The van der Waals surface area contributed by atoms with Crippen LogP contribution < -0.4 is 5.32 Å². The second-order valence-corrected chi connectivity index (χ2v) is 9.40. The van der Waals surface area contributed by atoms with E-state index in [1.54, 1.807) is 4.90 Å². The third kappa shape index (κ3) is 6.41. The first-order valence-electron chi connectivity index (χ1n) is 12.0. The molecule has 0 radical (unpaired) electrons. The van der Waals surface area contributed by atoms with Crippen molar-refractivity contribution >= 4 is 11.8 Å². The van der Waals surface area contributed by atoms with Crippen LogP contribution in [0.15, 0.2) is 43.0 Å². The Morgan fingerprint density at radius 1 is 0.950 bits per heavy atom. The molecular weight excluding hydrogens is 546 g/mol. The predicted molar refractivity (Wildman–Crippen MR) is 127 cm³/mol. The molecule has 214 valence electrons. The van der Waals surface area contributed by atoms with Gasteiger partial charge in [-0.1, -0.05) is 0 Å². The number of benzene rings is 1. The van der Waals surface area contributed by atoms with E-state index in [9.17, 15) is 35.9 Å². The third-order valence-corrected chi connectivity index (χ3v) is 6.07. The standard InChI is InChI=1S/C25H24F6N6O3/c1-13-10-36(11-14(2)40-13)23(39)17-9-34-37(12-17)21-20(32-4-5-33-21)15(3)35-22(38)16-6-18(24(26,27)28)8-19(7-16)25(29,30)31/h4-9,12-15H,10-11H2,1-3H3,(H,35,38)/t13-,14+,15?. The van der Waals surface area contributed by atoms with Gasteiger partial charge in [0.1, 0.15) is 5.69 Å². The van der Waals surface area contributed by atoms with Crippen molar-refractivity contribution in [3.05, 3.63) is 70.9 Å². The average Bonchev–Trinajstić information content (AvgIpc) is 3.36. The van der Waals surface area contributed by atoms with Gasteiger partial charge < -0.3 is 15.0 Å². The van der Waals surface area contributed by atoms with Crippen molar-refractivity contribution in [1.82, 2.24) is 30.0 Å². The Labute approximate surface area is 224 Å². The number of ether oxygens (including phenoxy) is 1. The van der Waals surface area contributed by atoms with Crippen molar-refractivity contribution < 1.29 is 40.7 Å². The van der Waals surface area contributed by atoms with Gasteiger partial charge >= 0.3 is 12.4 Å². The van der Waals surface area contributed by atoms with E-state index in [1.807, 2.05) is 13.8 Å². The molecule has 1 saturated heterocycles. The number of aromatic nitrogens is 4. The Hall–Kier alpha value is -4.01. The van der Waals surface area contributed by atoms with E-state index in [0.717, 1.165) is 0 Å². The number of halogens is 6. The van der Waals surface area contributed by atoms with Gasteiger partial charge in [-0.05, 0) is 39.0 Å². The van der Waals surface area contributed by atoms with Crippen LogP contribution in [-0.2, 0) is 17.1 Å². The summed E-state index contributed by atoms with van der Waals surface area (Å²) in [4.78, 5) is 35.8. The summed E-state index contributed by atoms with van der Waals surface area (Å²) in [6.45, 7) is 5.91. The van der Waals surface area contributed by atoms with Gasteiger partial charge in [0.15, 0.2) is 5.82 Å². The first-order valence-corrected chi connectivity index (χ1v) is 12.0. The smallest absolute Gasteiger partial charge is 0.372 e. The molecule has 3 atom stereocenters. The molecule has 3 aromatic rings. The van der Waals surface area contributed by atoms with Gasteiger partial charge in [-0.15, -0.1) is 0 Å². The van der Waals surface area contributed by atoms with Crippen LogP contribution in [0.4, 0.5) is 26.3 Å². The Morgan fingerprint density at radius 2 is 1.52 bits per heavy atom. The summed E-state index contributed by atoms with van der Waals surface area (Å²) >= 11 is 0. The monoisotopic (exact) mass is 570 g/mol. The van der Waals surface area contributed by atoms with Crippen LogP contribution in [-0.4, -0.2) is 61.8 Å². The van der Waals surface area contributed by atoms with E-state index in [0.29, 0.717) is 25.2 Å². The maximum absolute atomic E-state index is 13.2. The summed E-state index contributed by atoms with van der Waals surface area (Å²) in [5.41, 5.74) is -3.70. The molecule has 2 aromatic heterocycles. The lowest BCUT2D eigenvalue weighted by Gasteiger charge is -2.35. The number of morpholine rings is 1. The largest absolute Gasteiger partial charge is 0.416 e. The van der Waals surface area contributed by atoms with E-state index in [1.165, 1.54) is 36.4 Å². The van der Waals surface area contributed by atoms with E-state index in [-0.39, 0.29) is 41.3 Å². The average molecular weight is 570 g/mol. The van der Waals surface area contributed by atoms with Gasteiger partial charge in [0.2, 0.25) is 0 Å². The summed E-state index contributed by atoms with van der Waals surface area (Å²) in [5, 5.41) is 6.54. The SMILES string of the molecule is CC(NC(=O)c1cc(C(F)(F)F)cc(C(F)(F)F)c1)c1nccnc1-n1cc(C(=O)N2C[C@@H](C)O[C@@H](C)C2)cn1. The van der Waals surface area contributed by atoms with E-state index in [4.69, 9.17) is 4.74 Å². The van der Waals surface area contributed by atoms with E-state index in [2.05, 4.69) is 20.4 Å². The molecule has 40 heavy (non-hydrogen) atoms. The molecule has 0 saturated carbocycles. The molecule has 15 heteroatoms. The third-order valence-electron chi connectivity index (χ3n) is 6.07. The minimum atomic E-state index is -5.10. The molecule has 0 aliphatic carbocycles. The second-order valence-electron chi connectivity index (χ2n) is 9.40. The molecule has 9 nitrogen and oxygen atoms in total. The summed E-state index contributed by atoms with van der Waals surface area (Å²) in [6, 6.07) is -0.402. The van der Waals surface area contributed by atoms with Crippen LogP contribution in [0.5, 0.6) is 0 Å². The molecule has 0 spiro atoms. The Kier molecular flexibility index (Phi) is 7.87. The van der Waals surface area contributed by atoms with Crippen LogP contribution in [0, 0.1) is 0 Å². The highest BCUT2D eigenvalue weighted by Crippen LogP contribution is 2.36. The summed E-state index contributed by atoms with van der Waals surface area (Å²) in [5.74, 6) is -1.38. The summed E-state index contributed by atoms with van der Waals surface area (Å²) < 4.78 is 86.2. The molecule has 1 aliphatic rings. The van der Waals surface area contributed by atoms with Crippen molar-refractivity contribution in [3.8, 4) is 5.82 Å². The van der Waals surface area contributed by atoms with Gasteiger partial charge in [-0.25, -0.2) is 9.67 Å². The molecule has 1 aromatic carbocycles. The topological polar surface area (TPSA) is 102 Å². The van der Waals surface area contributed by atoms with Crippen molar-refractivity contribution in [3.63, 3.8) is 0 Å². The number of carbonyl (C=O) groups is 2. The molecule has 2 amide bonds. The molecule has 1 fully saturated rings. The maximum Gasteiger partial charge on any atom is 0.416 e. The molecule has 1 aliphatic heterocycles. The van der Waals surface area contributed by atoms with Gasteiger partial charge in [0.05, 0.1) is 41.1 Å². The van der Waals surface area contributed by atoms with Crippen molar-refractivity contribution in [2.45, 2.75) is 51.4 Å². The zero-order valence-electron chi connectivity index (χ0n) is 21.4. The normalized spacial score (nSPS) is 18.9. The van der Waals surface area contributed by atoms with Crippen LogP contribution in [0.25, 0.3) is 5.82 Å². The number of hydrogen-bond acceptors (Lipinski definition) is 6. The summed E-state index contributed by atoms with van der Waals surface area (Å²) in [6.07, 6.45) is -5.15. The van der Waals surface area contributed by atoms with Gasteiger partial charge in [0, 0.05) is 37.2 Å². The predicted octanol–water partition coefficient (Wildman–Crippen LogP) is 4.44. The highest BCUT2D eigenvalue weighted by Gasteiger charge is 2.37.